The fraction of sp³-hybridized carbons (Fsp3) is 0.778. The number of carboxylic acids is 1. The molecule has 0 atom stereocenters. The Morgan fingerprint density at radius 3 is 2.43 bits per heavy atom. The second-order valence-corrected chi connectivity index (χ2v) is 4.30. The van der Waals surface area contributed by atoms with Gasteiger partial charge >= 0.3 is 5.97 Å². The Morgan fingerprint density at radius 2 is 2.07 bits per heavy atom. The smallest absolute Gasteiger partial charge is 0.305 e. The molecule has 5 heteroatoms. The van der Waals surface area contributed by atoms with E-state index in [1.165, 1.54) is 0 Å². The van der Waals surface area contributed by atoms with Crippen LogP contribution < -0.4 is 10.6 Å². The maximum absolute atomic E-state index is 11.5. The van der Waals surface area contributed by atoms with Gasteiger partial charge in [-0.1, -0.05) is 0 Å². The molecule has 0 radical (unpaired) electrons. The summed E-state index contributed by atoms with van der Waals surface area (Å²) in [5.74, 6) is -0.958. The molecule has 0 aromatic rings. The summed E-state index contributed by atoms with van der Waals surface area (Å²) < 4.78 is 0. The van der Waals surface area contributed by atoms with Crippen molar-refractivity contribution in [1.82, 2.24) is 10.6 Å². The van der Waals surface area contributed by atoms with Gasteiger partial charge in [-0.3, -0.25) is 9.59 Å². The Balaban J connectivity index is 2.40. The van der Waals surface area contributed by atoms with Crippen LogP contribution in [0.1, 0.15) is 20.3 Å². The van der Waals surface area contributed by atoms with Crippen molar-refractivity contribution in [3.63, 3.8) is 0 Å². The lowest BCUT2D eigenvalue weighted by Gasteiger charge is -2.31. The molecule has 3 N–H and O–H groups in total. The number of carbonyl (C=O) groups is 2. The molecule has 14 heavy (non-hydrogen) atoms. The second kappa shape index (κ2) is 3.96. The van der Waals surface area contributed by atoms with Gasteiger partial charge < -0.3 is 15.7 Å². The Labute approximate surface area is 82.9 Å². The molecule has 0 saturated carbocycles. The van der Waals surface area contributed by atoms with Crippen LogP contribution in [-0.2, 0) is 9.59 Å². The monoisotopic (exact) mass is 200 g/mol. The van der Waals surface area contributed by atoms with Gasteiger partial charge in [0.2, 0.25) is 5.91 Å². The lowest BCUT2D eigenvalue weighted by Crippen LogP contribution is -2.55. The number of carbonyl (C=O) groups excluding carboxylic acids is 1. The summed E-state index contributed by atoms with van der Waals surface area (Å²) in [6, 6.07) is 0. The number of aliphatic carboxylic acids is 1. The van der Waals surface area contributed by atoms with Gasteiger partial charge in [0.25, 0.3) is 0 Å². The van der Waals surface area contributed by atoms with Gasteiger partial charge in [0.1, 0.15) is 0 Å². The molecule has 1 rings (SSSR count). The van der Waals surface area contributed by atoms with Crippen molar-refractivity contribution in [3.05, 3.63) is 0 Å². The highest BCUT2D eigenvalue weighted by molar-refractivity contribution is 5.81. The van der Waals surface area contributed by atoms with Crippen LogP contribution in [0.15, 0.2) is 0 Å². The van der Waals surface area contributed by atoms with E-state index in [0.29, 0.717) is 13.1 Å². The summed E-state index contributed by atoms with van der Waals surface area (Å²) in [6.07, 6.45) is -0.0567. The Bertz CT molecular complexity index is 246. The van der Waals surface area contributed by atoms with Gasteiger partial charge in [-0.05, 0) is 13.8 Å². The van der Waals surface area contributed by atoms with Crippen molar-refractivity contribution in [2.75, 3.05) is 13.1 Å². The third-order valence-electron chi connectivity index (χ3n) is 2.21. The van der Waals surface area contributed by atoms with Crippen LogP contribution in [0.2, 0.25) is 0 Å². The Morgan fingerprint density at radius 1 is 1.50 bits per heavy atom. The third-order valence-corrected chi connectivity index (χ3v) is 2.21. The third kappa shape index (κ3) is 2.99. The van der Waals surface area contributed by atoms with Crippen molar-refractivity contribution < 1.29 is 14.7 Å². The first-order chi connectivity index (χ1) is 6.41. The number of hydrogen-bond donors (Lipinski definition) is 3. The lowest BCUT2D eigenvalue weighted by atomic mass is 9.96. The highest BCUT2D eigenvalue weighted by Crippen LogP contribution is 2.11. The van der Waals surface area contributed by atoms with E-state index in [2.05, 4.69) is 10.6 Å². The Hall–Kier alpha value is -1.10. The molecule has 1 saturated heterocycles. The zero-order valence-electron chi connectivity index (χ0n) is 8.46. The van der Waals surface area contributed by atoms with Gasteiger partial charge in [0.05, 0.1) is 12.3 Å². The van der Waals surface area contributed by atoms with Crippen LogP contribution in [0, 0.1) is 5.92 Å². The van der Waals surface area contributed by atoms with Crippen LogP contribution in [0.4, 0.5) is 0 Å². The molecule has 80 valence electrons. The lowest BCUT2D eigenvalue weighted by molar-refractivity contribution is -0.139. The van der Waals surface area contributed by atoms with E-state index in [0.717, 1.165) is 0 Å². The van der Waals surface area contributed by atoms with E-state index in [9.17, 15) is 9.59 Å². The van der Waals surface area contributed by atoms with E-state index in [-0.39, 0.29) is 18.2 Å². The van der Waals surface area contributed by atoms with Crippen molar-refractivity contribution in [3.8, 4) is 0 Å². The molecule has 0 bridgehead atoms. The van der Waals surface area contributed by atoms with Crippen molar-refractivity contribution in [2.45, 2.75) is 25.8 Å². The van der Waals surface area contributed by atoms with Crippen LogP contribution in [-0.4, -0.2) is 35.6 Å². The summed E-state index contributed by atoms with van der Waals surface area (Å²) in [7, 11) is 0. The minimum Gasteiger partial charge on any atom is -0.481 e. The first kappa shape index (κ1) is 11.0. The summed E-state index contributed by atoms with van der Waals surface area (Å²) in [6.45, 7) is 4.81. The zero-order chi connectivity index (χ0) is 10.8. The molecule has 1 amide bonds. The molecule has 0 aromatic heterocycles. The maximum Gasteiger partial charge on any atom is 0.305 e. The molecular weight excluding hydrogens is 184 g/mol. The van der Waals surface area contributed by atoms with E-state index in [1.807, 2.05) is 0 Å². The molecule has 0 aliphatic carbocycles. The normalized spacial score (nSPS) is 17.3. The van der Waals surface area contributed by atoms with Gasteiger partial charge in [-0.15, -0.1) is 0 Å². The van der Waals surface area contributed by atoms with E-state index in [4.69, 9.17) is 5.11 Å². The fourth-order valence-electron chi connectivity index (χ4n) is 1.33. The topological polar surface area (TPSA) is 78.4 Å². The van der Waals surface area contributed by atoms with Crippen molar-refractivity contribution in [2.24, 2.45) is 5.92 Å². The molecule has 0 unspecified atom stereocenters. The van der Waals surface area contributed by atoms with Crippen molar-refractivity contribution >= 4 is 11.9 Å². The van der Waals surface area contributed by atoms with Crippen LogP contribution in [0.25, 0.3) is 0 Å². The molecule has 5 nitrogen and oxygen atoms in total. The fourth-order valence-corrected chi connectivity index (χ4v) is 1.33. The average molecular weight is 200 g/mol. The average Bonchev–Trinajstić information content (AvgIpc) is 1.74. The van der Waals surface area contributed by atoms with Crippen molar-refractivity contribution in [1.29, 1.82) is 0 Å². The van der Waals surface area contributed by atoms with Crippen LogP contribution in [0.5, 0.6) is 0 Å². The first-order valence-electron chi connectivity index (χ1n) is 4.65. The minimum atomic E-state index is -0.901. The Kier molecular flexibility index (Phi) is 3.10. The zero-order valence-corrected chi connectivity index (χ0v) is 8.46. The van der Waals surface area contributed by atoms with Gasteiger partial charge in [0, 0.05) is 18.6 Å². The molecular formula is C9H16N2O3. The highest BCUT2D eigenvalue weighted by atomic mass is 16.4. The number of carboxylic acid groups (broad SMARTS) is 1. The predicted molar refractivity (Wildman–Crippen MR) is 50.8 cm³/mol. The number of nitrogens with one attached hydrogen (secondary N) is 2. The van der Waals surface area contributed by atoms with Gasteiger partial charge in [-0.25, -0.2) is 0 Å². The van der Waals surface area contributed by atoms with E-state index in [1.54, 1.807) is 13.8 Å². The minimum absolute atomic E-state index is 0.00284. The summed E-state index contributed by atoms with van der Waals surface area (Å²) in [5, 5.41) is 14.3. The molecule has 0 aromatic carbocycles. The van der Waals surface area contributed by atoms with Gasteiger partial charge in [-0.2, -0.15) is 0 Å². The number of hydrogen-bond acceptors (Lipinski definition) is 3. The van der Waals surface area contributed by atoms with Crippen LogP contribution >= 0.6 is 0 Å². The quantitative estimate of drug-likeness (QED) is 0.575. The summed E-state index contributed by atoms with van der Waals surface area (Å²) >= 11 is 0. The van der Waals surface area contributed by atoms with Gasteiger partial charge in [0.15, 0.2) is 0 Å². The molecule has 0 spiro atoms. The molecule has 1 aliphatic heterocycles. The largest absolute Gasteiger partial charge is 0.481 e. The maximum atomic E-state index is 11.5. The molecule has 1 aliphatic rings. The highest BCUT2D eigenvalue weighted by Gasteiger charge is 2.30. The summed E-state index contributed by atoms with van der Waals surface area (Å²) in [4.78, 5) is 22.0. The van der Waals surface area contributed by atoms with Crippen LogP contribution in [0.3, 0.4) is 0 Å². The first-order valence-corrected chi connectivity index (χ1v) is 4.65. The second-order valence-electron chi connectivity index (χ2n) is 4.30. The number of amides is 1. The molecule has 1 heterocycles. The van der Waals surface area contributed by atoms with E-state index >= 15 is 0 Å². The standard InChI is InChI=1S/C9H16N2O3/c1-9(2,3-7(12)13)11-8(14)6-4-10-5-6/h6,10H,3-5H2,1-2H3,(H,11,14)(H,12,13). The molecule has 1 fully saturated rings. The number of rotatable bonds is 4. The SMILES string of the molecule is CC(C)(CC(=O)O)NC(=O)C1CNC1. The predicted octanol–water partition coefficient (Wildman–Crippen LogP) is -0.425. The van der Waals surface area contributed by atoms with E-state index < -0.39 is 11.5 Å². The summed E-state index contributed by atoms with van der Waals surface area (Å²) in [5.41, 5.74) is -0.668.